The van der Waals surface area contributed by atoms with Crippen LogP contribution in [0.4, 0.5) is 0 Å². The summed E-state index contributed by atoms with van der Waals surface area (Å²) < 4.78 is 10.8. The highest BCUT2D eigenvalue weighted by Gasteiger charge is 2.51. The maximum Gasteiger partial charge on any atom is 0.338 e. The van der Waals surface area contributed by atoms with Crippen LogP contribution in [0, 0.1) is 0 Å². The molecule has 0 unspecified atom stereocenters. The van der Waals surface area contributed by atoms with Gasteiger partial charge < -0.3 is 19.7 Å². The maximum atomic E-state index is 11.8. The first-order valence-electron chi connectivity index (χ1n) is 6.88. The van der Waals surface area contributed by atoms with Crippen LogP contribution in [0.25, 0.3) is 0 Å². The number of hydrogen-bond acceptors (Lipinski definition) is 6. The predicted octanol–water partition coefficient (Wildman–Crippen LogP) is 1.43. The third-order valence-corrected chi connectivity index (χ3v) is 4.65. The minimum Gasteiger partial charge on any atom is -0.459 e. The lowest BCUT2D eigenvalue weighted by molar-refractivity contribution is -0.0390. The molecule has 21 heavy (non-hydrogen) atoms. The zero-order valence-corrected chi connectivity index (χ0v) is 12.9. The molecule has 0 amide bonds. The quantitative estimate of drug-likeness (QED) is 0.801. The van der Waals surface area contributed by atoms with Crippen LogP contribution < -0.4 is 0 Å². The Morgan fingerprint density at radius 1 is 1.38 bits per heavy atom. The summed E-state index contributed by atoms with van der Waals surface area (Å²) in [4.78, 5) is 11.0. The molecule has 2 rings (SSSR count). The van der Waals surface area contributed by atoms with E-state index >= 15 is 0 Å². The van der Waals surface area contributed by atoms with Crippen molar-refractivity contribution in [2.75, 3.05) is 12.4 Å². The molecule has 0 spiro atoms. The molecule has 0 aromatic heterocycles. The Hall–Kier alpha value is -1.08. The highest BCUT2D eigenvalue weighted by atomic mass is 32.2. The Labute approximate surface area is 128 Å². The average Bonchev–Trinajstić information content (AvgIpc) is 2.70. The predicted molar refractivity (Wildman–Crippen MR) is 80.1 cm³/mol. The SMILES string of the molecule is CCS[C@@]1(C)O[C@@H](COC(=O)c2ccccc2)[C@H](O)[C@@H]1O. The fourth-order valence-corrected chi connectivity index (χ4v) is 3.38. The van der Waals surface area contributed by atoms with E-state index in [0.29, 0.717) is 5.56 Å². The van der Waals surface area contributed by atoms with Crippen molar-refractivity contribution in [3.63, 3.8) is 0 Å². The molecule has 1 heterocycles. The van der Waals surface area contributed by atoms with Crippen molar-refractivity contribution < 1.29 is 24.5 Å². The zero-order chi connectivity index (χ0) is 15.5. The first kappa shape index (κ1) is 16.3. The molecule has 1 fully saturated rings. The summed E-state index contributed by atoms with van der Waals surface area (Å²) in [5, 5.41) is 20.1. The molecule has 2 N–H and O–H groups in total. The van der Waals surface area contributed by atoms with E-state index in [-0.39, 0.29) is 6.61 Å². The number of carbonyl (C=O) groups is 1. The zero-order valence-electron chi connectivity index (χ0n) is 12.1. The third-order valence-electron chi connectivity index (χ3n) is 3.45. The Balaban J connectivity index is 1.93. The van der Waals surface area contributed by atoms with E-state index in [0.717, 1.165) is 5.75 Å². The van der Waals surface area contributed by atoms with Gasteiger partial charge in [-0.25, -0.2) is 4.79 Å². The van der Waals surface area contributed by atoms with Gasteiger partial charge in [0.15, 0.2) is 0 Å². The fraction of sp³-hybridized carbons (Fsp3) is 0.533. The minimum atomic E-state index is -1.07. The Bertz CT molecular complexity index is 480. The van der Waals surface area contributed by atoms with Crippen molar-refractivity contribution in [1.29, 1.82) is 0 Å². The van der Waals surface area contributed by atoms with Gasteiger partial charge >= 0.3 is 5.97 Å². The third kappa shape index (κ3) is 3.58. The lowest BCUT2D eigenvalue weighted by Gasteiger charge is -2.26. The van der Waals surface area contributed by atoms with Crippen LogP contribution in [0.15, 0.2) is 30.3 Å². The minimum absolute atomic E-state index is 0.0914. The molecule has 6 heteroatoms. The highest BCUT2D eigenvalue weighted by molar-refractivity contribution is 8.00. The molecule has 5 nitrogen and oxygen atoms in total. The lowest BCUT2D eigenvalue weighted by Crippen LogP contribution is -2.38. The topological polar surface area (TPSA) is 76.0 Å². The number of aliphatic hydroxyl groups is 2. The summed E-state index contributed by atoms with van der Waals surface area (Å²) in [6, 6.07) is 8.61. The van der Waals surface area contributed by atoms with E-state index in [2.05, 4.69) is 0 Å². The van der Waals surface area contributed by atoms with Gasteiger partial charge in [-0.3, -0.25) is 0 Å². The van der Waals surface area contributed by atoms with Crippen LogP contribution in [-0.2, 0) is 9.47 Å². The first-order chi connectivity index (χ1) is 9.98. The van der Waals surface area contributed by atoms with E-state index in [4.69, 9.17) is 9.47 Å². The first-order valence-corrected chi connectivity index (χ1v) is 7.86. The molecule has 1 aliphatic heterocycles. The second-order valence-corrected chi connectivity index (χ2v) is 6.68. The second kappa shape index (κ2) is 6.79. The molecule has 1 aliphatic rings. The number of esters is 1. The standard InChI is InChI=1S/C15H20O5S/c1-3-21-15(2)13(17)12(16)11(20-15)9-19-14(18)10-7-5-4-6-8-10/h4-8,11-13,16-17H,3,9H2,1-2H3/t11-,12-,13-,15+/m0/s1. The van der Waals surface area contributed by atoms with Gasteiger partial charge in [-0.15, -0.1) is 11.8 Å². The Morgan fingerprint density at radius 3 is 2.67 bits per heavy atom. The van der Waals surface area contributed by atoms with Crippen LogP contribution in [-0.4, -0.2) is 51.8 Å². The van der Waals surface area contributed by atoms with Crippen molar-refractivity contribution in [3.05, 3.63) is 35.9 Å². The monoisotopic (exact) mass is 312 g/mol. The van der Waals surface area contributed by atoms with Crippen molar-refractivity contribution in [2.24, 2.45) is 0 Å². The molecular weight excluding hydrogens is 292 g/mol. The fourth-order valence-electron chi connectivity index (χ4n) is 2.31. The van der Waals surface area contributed by atoms with Crippen LogP contribution in [0.2, 0.25) is 0 Å². The molecule has 1 aromatic carbocycles. The summed E-state index contributed by atoms with van der Waals surface area (Å²) in [5.74, 6) is 0.272. The van der Waals surface area contributed by atoms with E-state index in [9.17, 15) is 15.0 Å². The lowest BCUT2D eigenvalue weighted by atomic mass is 10.1. The van der Waals surface area contributed by atoms with Gasteiger partial charge in [-0.2, -0.15) is 0 Å². The van der Waals surface area contributed by atoms with Gasteiger partial charge in [0.05, 0.1) is 5.56 Å². The molecule has 0 bridgehead atoms. The molecule has 1 aromatic rings. The van der Waals surface area contributed by atoms with Crippen molar-refractivity contribution in [1.82, 2.24) is 0 Å². The summed E-state index contributed by atoms with van der Waals surface area (Å²) in [6.07, 6.45) is -2.81. The second-order valence-electron chi connectivity index (χ2n) is 5.01. The number of thioether (sulfide) groups is 1. The van der Waals surface area contributed by atoms with E-state index in [1.807, 2.05) is 13.0 Å². The molecule has 0 aliphatic carbocycles. The highest BCUT2D eigenvalue weighted by Crippen LogP contribution is 2.39. The number of aliphatic hydroxyl groups excluding tert-OH is 2. The number of rotatable bonds is 5. The van der Waals surface area contributed by atoms with Crippen molar-refractivity contribution in [3.8, 4) is 0 Å². The smallest absolute Gasteiger partial charge is 0.338 e. The molecule has 116 valence electrons. The molecule has 0 saturated carbocycles. The van der Waals surface area contributed by atoms with Gasteiger partial charge in [0.2, 0.25) is 0 Å². The molecule has 0 radical (unpaired) electrons. The number of benzene rings is 1. The van der Waals surface area contributed by atoms with Crippen LogP contribution in [0.1, 0.15) is 24.2 Å². The van der Waals surface area contributed by atoms with Gasteiger partial charge in [0.1, 0.15) is 29.9 Å². The van der Waals surface area contributed by atoms with Crippen molar-refractivity contribution in [2.45, 2.75) is 37.1 Å². The summed E-state index contributed by atoms with van der Waals surface area (Å²) in [7, 11) is 0. The molecule has 4 atom stereocenters. The Kier molecular flexibility index (Phi) is 5.27. The normalized spacial score (nSPS) is 32.1. The van der Waals surface area contributed by atoms with Crippen LogP contribution >= 0.6 is 11.8 Å². The van der Waals surface area contributed by atoms with Gasteiger partial charge in [0.25, 0.3) is 0 Å². The maximum absolute atomic E-state index is 11.8. The van der Waals surface area contributed by atoms with Crippen LogP contribution in [0.3, 0.4) is 0 Å². The number of ether oxygens (including phenoxy) is 2. The van der Waals surface area contributed by atoms with E-state index in [1.165, 1.54) is 11.8 Å². The van der Waals surface area contributed by atoms with Gasteiger partial charge in [0, 0.05) is 0 Å². The number of carbonyl (C=O) groups excluding carboxylic acids is 1. The molecular formula is C15H20O5S. The largest absolute Gasteiger partial charge is 0.459 e. The average molecular weight is 312 g/mol. The van der Waals surface area contributed by atoms with Gasteiger partial charge in [-0.1, -0.05) is 25.1 Å². The van der Waals surface area contributed by atoms with Crippen LogP contribution in [0.5, 0.6) is 0 Å². The Morgan fingerprint density at radius 2 is 2.05 bits per heavy atom. The summed E-state index contributed by atoms with van der Waals surface area (Å²) in [5.41, 5.74) is 0.441. The summed E-state index contributed by atoms with van der Waals surface area (Å²) >= 11 is 1.41. The number of hydrogen-bond donors (Lipinski definition) is 2. The molecule has 1 saturated heterocycles. The van der Waals surface area contributed by atoms with E-state index < -0.39 is 29.2 Å². The van der Waals surface area contributed by atoms with Crippen molar-refractivity contribution >= 4 is 17.7 Å². The van der Waals surface area contributed by atoms with Gasteiger partial charge in [-0.05, 0) is 24.8 Å². The summed E-state index contributed by atoms with van der Waals surface area (Å²) in [6.45, 7) is 3.58. The van der Waals surface area contributed by atoms with E-state index in [1.54, 1.807) is 31.2 Å².